The van der Waals surface area contributed by atoms with E-state index >= 15 is 0 Å². The van der Waals surface area contributed by atoms with E-state index in [1.165, 1.54) is 19.2 Å². The number of non-ortho nitro benzene ring substituents is 1. The van der Waals surface area contributed by atoms with E-state index in [0.29, 0.717) is 16.3 Å². The molecule has 134 valence electrons. The zero-order valence-corrected chi connectivity index (χ0v) is 14.6. The van der Waals surface area contributed by atoms with E-state index in [1.807, 2.05) is 0 Å². The van der Waals surface area contributed by atoms with Crippen molar-refractivity contribution in [3.8, 4) is 5.69 Å². The molecule has 1 aliphatic heterocycles. The van der Waals surface area contributed by atoms with Gasteiger partial charge in [-0.25, -0.2) is 0 Å². The number of nitro benzene ring substituents is 1. The molecule has 1 aromatic carbocycles. The number of benzene rings is 1. The van der Waals surface area contributed by atoms with Crippen LogP contribution in [0.1, 0.15) is 5.69 Å². The van der Waals surface area contributed by atoms with Crippen molar-refractivity contribution >= 4 is 34.7 Å². The Balaban J connectivity index is 1.91. The lowest BCUT2D eigenvalue weighted by Gasteiger charge is -2.11. The molecule has 0 spiro atoms. The Morgan fingerprint density at radius 1 is 1.27 bits per heavy atom. The number of rotatable bonds is 6. The predicted octanol–water partition coefficient (Wildman–Crippen LogP) is 3.07. The van der Waals surface area contributed by atoms with E-state index in [1.54, 1.807) is 41.1 Å². The lowest BCUT2D eigenvalue weighted by Crippen LogP contribution is -2.31. The number of aromatic nitrogens is 1. The summed E-state index contributed by atoms with van der Waals surface area (Å²) in [6.45, 7) is 0.472. The highest BCUT2D eigenvalue weighted by Gasteiger charge is 2.34. The second-order valence-corrected chi connectivity index (χ2v) is 6.40. The van der Waals surface area contributed by atoms with Crippen molar-refractivity contribution in [2.24, 2.45) is 0 Å². The summed E-state index contributed by atoms with van der Waals surface area (Å²) in [5.74, 6) is -0.371. The summed E-state index contributed by atoms with van der Waals surface area (Å²) in [5, 5.41) is 10.6. The van der Waals surface area contributed by atoms with Gasteiger partial charge in [0.15, 0.2) is 0 Å². The molecule has 2 aromatic rings. The van der Waals surface area contributed by atoms with Crippen LogP contribution < -0.4 is 0 Å². The molecule has 0 N–H and O–H groups in total. The summed E-state index contributed by atoms with van der Waals surface area (Å²) in [6, 6.07) is 9.71. The van der Waals surface area contributed by atoms with Gasteiger partial charge in [-0.3, -0.25) is 24.6 Å². The van der Waals surface area contributed by atoms with E-state index in [9.17, 15) is 19.7 Å². The van der Waals surface area contributed by atoms with Crippen LogP contribution >= 0.6 is 11.8 Å². The Morgan fingerprint density at radius 3 is 2.81 bits per heavy atom. The summed E-state index contributed by atoms with van der Waals surface area (Å²) in [6.07, 6.45) is 3.34. The van der Waals surface area contributed by atoms with Crippen LogP contribution in [-0.2, 0) is 9.53 Å². The van der Waals surface area contributed by atoms with Gasteiger partial charge < -0.3 is 9.30 Å². The number of carbonyl (C=O) groups is 2. The second kappa shape index (κ2) is 7.54. The molecule has 0 bridgehead atoms. The van der Waals surface area contributed by atoms with Crippen LogP contribution in [0.2, 0.25) is 0 Å². The molecular formula is C17H15N3O5S. The van der Waals surface area contributed by atoms with Gasteiger partial charge in [-0.15, -0.1) is 0 Å². The lowest BCUT2D eigenvalue weighted by molar-refractivity contribution is -0.384. The Labute approximate surface area is 153 Å². The average molecular weight is 373 g/mol. The third-order valence-corrected chi connectivity index (χ3v) is 4.68. The van der Waals surface area contributed by atoms with E-state index in [4.69, 9.17) is 4.74 Å². The smallest absolute Gasteiger partial charge is 0.293 e. The first-order chi connectivity index (χ1) is 12.5. The van der Waals surface area contributed by atoms with E-state index < -0.39 is 4.92 Å². The highest BCUT2D eigenvalue weighted by molar-refractivity contribution is 8.18. The van der Waals surface area contributed by atoms with Crippen molar-refractivity contribution in [1.29, 1.82) is 0 Å². The fourth-order valence-corrected chi connectivity index (χ4v) is 3.36. The first kappa shape index (κ1) is 17.9. The van der Waals surface area contributed by atoms with Crippen molar-refractivity contribution in [2.45, 2.75) is 0 Å². The van der Waals surface area contributed by atoms with E-state index in [2.05, 4.69) is 0 Å². The molecule has 0 unspecified atom stereocenters. The minimum absolute atomic E-state index is 0.0259. The summed E-state index contributed by atoms with van der Waals surface area (Å²) < 4.78 is 6.63. The number of methoxy groups -OCH3 is 1. The van der Waals surface area contributed by atoms with Crippen LogP contribution in [0, 0.1) is 10.1 Å². The van der Waals surface area contributed by atoms with Crippen molar-refractivity contribution in [3.05, 3.63) is 63.3 Å². The van der Waals surface area contributed by atoms with Crippen LogP contribution in [0.25, 0.3) is 11.8 Å². The fourth-order valence-electron chi connectivity index (χ4n) is 2.51. The van der Waals surface area contributed by atoms with Gasteiger partial charge >= 0.3 is 0 Å². The monoisotopic (exact) mass is 373 g/mol. The molecule has 0 aliphatic carbocycles. The number of ether oxygens (including phenoxy) is 1. The fraction of sp³-hybridized carbons (Fsp3) is 0.176. The van der Waals surface area contributed by atoms with Gasteiger partial charge in [-0.2, -0.15) is 0 Å². The lowest BCUT2D eigenvalue weighted by atomic mass is 10.2. The number of thioether (sulfide) groups is 1. The van der Waals surface area contributed by atoms with Crippen molar-refractivity contribution < 1.29 is 19.2 Å². The molecule has 0 saturated carbocycles. The van der Waals surface area contributed by atoms with Gasteiger partial charge in [-0.05, 0) is 36.0 Å². The molecular weight excluding hydrogens is 358 g/mol. The number of hydrogen-bond donors (Lipinski definition) is 0. The Bertz CT molecular complexity index is 905. The SMILES string of the molecule is COCCN1C(=O)S/C(=C/c2cccn2-c2cccc([N+](=O)[O-])c2)C1=O. The molecule has 1 aliphatic rings. The Kier molecular flexibility index (Phi) is 5.19. The average Bonchev–Trinajstić information content (AvgIpc) is 3.19. The van der Waals surface area contributed by atoms with Gasteiger partial charge in [0.2, 0.25) is 0 Å². The minimum Gasteiger partial charge on any atom is -0.383 e. The van der Waals surface area contributed by atoms with Gasteiger partial charge in [0.1, 0.15) is 0 Å². The summed E-state index contributed by atoms with van der Waals surface area (Å²) in [7, 11) is 1.50. The van der Waals surface area contributed by atoms with E-state index in [0.717, 1.165) is 16.7 Å². The molecule has 2 heterocycles. The van der Waals surface area contributed by atoms with Gasteiger partial charge in [0.25, 0.3) is 16.8 Å². The van der Waals surface area contributed by atoms with Crippen LogP contribution in [0.5, 0.6) is 0 Å². The zero-order valence-electron chi connectivity index (χ0n) is 13.8. The van der Waals surface area contributed by atoms with Crippen molar-refractivity contribution in [2.75, 3.05) is 20.3 Å². The van der Waals surface area contributed by atoms with Gasteiger partial charge in [0, 0.05) is 31.1 Å². The third kappa shape index (κ3) is 3.53. The van der Waals surface area contributed by atoms with Gasteiger partial charge in [-0.1, -0.05) is 6.07 Å². The number of nitro groups is 1. The highest BCUT2D eigenvalue weighted by atomic mass is 32.2. The van der Waals surface area contributed by atoms with Crippen molar-refractivity contribution in [1.82, 2.24) is 9.47 Å². The first-order valence-electron chi connectivity index (χ1n) is 7.68. The van der Waals surface area contributed by atoms with Crippen LogP contribution in [0.4, 0.5) is 10.5 Å². The number of carbonyl (C=O) groups excluding carboxylic acids is 2. The predicted molar refractivity (Wildman–Crippen MR) is 97.0 cm³/mol. The summed E-state index contributed by atoms with van der Waals surface area (Å²) >= 11 is 0.864. The standard InChI is InChI=1S/C17H15N3O5S/c1-25-9-8-19-16(21)15(26-17(19)22)11-13-6-3-7-18(13)12-4-2-5-14(10-12)20(23)24/h2-7,10-11H,8-9H2,1H3/b15-11+. The topological polar surface area (TPSA) is 94.7 Å². The molecule has 2 amide bonds. The maximum Gasteiger partial charge on any atom is 0.293 e. The zero-order chi connectivity index (χ0) is 18.7. The maximum atomic E-state index is 12.4. The van der Waals surface area contributed by atoms with Gasteiger partial charge in [0.05, 0.1) is 28.7 Å². The molecule has 26 heavy (non-hydrogen) atoms. The Morgan fingerprint density at radius 2 is 2.08 bits per heavy atom. The minimum atomic E-state index is -0.464. The highest BCUT2D eigenvalue weighted by Crippen LogP contribution is 2.32. The molecule has 0 radical (unpaired) electrons. The van der Waals surface area contributed by atoms with E-state index in [-0.39, 0.29) is 30.0 Å². The second-order valence-electron chi connectivity index (χ2n) is 5.41. The number of amides is 2. The number of nitrogens with zero attached hydrogens (tertiary/aromatic N) is 3. The van der Waals surface area contributed by atoms with Crippen LogP contribution in [0.3, 0.4) is 0 Å². The number of hydrogen-bond acceptors (Lipinski definition) is 6. The van der Waals surface area contributed by atoms with Crippen molar-refractivity contribution in [3.63, 3.8) is 0 Å². The molecule has 9 heteroatoms. The van der Waals surface area contributed by atoms with Crippen LogP contribution in [0.15, 0.2) is 47.5 Å². The maximum absolute atomic E-state index is 12.4. The van der Waals surface area contributed by atoms with Crippen LogP contribution in [-0.4, -0.2) is 45.8 Å². The normalized spacial score (nSPS) is 15.9. The summed E-state index contributed by atoms with van der Waals surface area (Å²) in [5.41, 5.74) is 1.21. The number of imide groups is 1. The summed E-state index contributed by atoms with van der Waals surface area (Å²) in [4.78, 5) is 36.3. The quantitative estimate of drug-likeness (QED) is 0.439. The molecule has 1 fully saturated rings. The third-order valence-electron chi connectivity index (χ3n) is 3.77. The first-order valence-corrected chi connectivity index (χ1v) is 8.49. The molecule has 1 saturated heterocycles. The molecule has 1 aromatic heterocycles. The molecule has 3 rings (SSSR count). The largest absolute Gasteiger partial charge is 0.383 e. The molecule has 0 atom stereocenters. The molecule has 8 nitrogen and oxygen atoms in total. The Hall–Kier alpha value is -2.91.